The van der Waals surface area contributed by atoms with Crippen LogP contribution in [0.2, 0.25) is 0 Å². The predicted molar refractivity (Wildman–Crippen MR) is 140 cm³/mol. The number of benzene rings is 2. The van der Waals surface area contributed by atoms with Crippen molar-refractivity contribution < 1.29 is 27.5 Å². The lowest BCUT2D eigenvalue weighted by Crippen LogP contribution is -2.43. The van der Waals surface area contributed by atoms with Crippen LogP contribution in [-0.4, -0.2) is 51.0 Å². The van der Waals surface area contributed by atoms with Gasteiger partial charge in [-0.3, -0.25) is 9.59 Å². The van der Waals surface area contributed by atoms with Crippen molar-refractivity contribution >= 4 is 27.5 Å². The van der Waals surface area contributed by atoms with E-state index >= 15 is 0 Å². The molecule has 0 unspecified atom stereocenters. The number of anilines is 1. The highest BCUT2D eigenvalue weighted by molar-refractivity contribution is 7.89. The smallest absolute Gasteiger partial charge is 0.243 e. The first-order valence-corrected chi connectivity index (χ1v) is 14.9. The van der Waals surface area contributed by atoms with Crippen LogP contribution < -0.4 is 19.7 Å². The van der Waals surface area contributed by atoms with Crippen molar-refractivity contribution in [1.29, 1.82) is 0 Å². The van der Waals surface area contributed by atoms with Gasteiger partial charge in [-0.25, -0.2) is 8.42 Å². The van der Waals surface area contributed by atoms with E-state index in [2.05, 4.69) is 5.32 Å². The molecule has 10 heteroatoms. The Bertz CT molecular complexity index is 1350. The van der Waals surface area contributed by atoms with Gasteiger partial charge in [-0.05, 0) is 80.0 Å². The molecular formula is C28H33N3O6S. The van der Waals surface area contributed by atoms with Crippen LogP contribution in [0.3, 0.4) is 0 Å². The second kappa shape index (κ2) is 10.2. The van der Waals surface area contributed by atoms with Gasteiger partial charge in [0.25, 0.3) is 0 Å². The molecule has 1 aliphatic carbocycles. The molecule has 0 spiro atoms. The molecule has 1 saturated heterocycles. The zero-order valence-electron chi connectivity index (χ0n) is 21.4. The van der Waals surface area contributed by atoms with Crippen LogP contribution in [0.1, 0.15) is 49.7 Å². The van der Waals surface area contributed by atoms with Gasteiger partial charge < -0.3 is 19.7 Å². The standard InChI is InChI=1S/C28H33N3O6S/c32-27(29-17-19-6-9-25-26(15-19)37-18-36-25)20-10-13-30(14-11-20)38(34,35)23-7-8-24-22(16-23)5-2-12-31(24)28(33)21-3-1-4-21/h6-9,15-16,20-21H,1-5,10-14,17-18H2,(H,29,32). The van der Waals surface area contributed by atoms with Gasteiger partial charge >= 0.3 is 0 Å². The maximum absolute atomic E-state index is 13.5. The highest BCUT2D eigenvalue weighted by atomic mass is 32.2. The third-order valence-corrected chi connectivity index (χ3v) is 10.2. The lowest BCUT2D eigenvalue weighted by atomic mass is 9.83. The zero-order valence-corrected chi connectivity index (χ0v) is 22.2. The molecule has 2 aromatic carbocycles. The van der Waals surface area contributed by atoms with Crippen LogP contribution in [0, 0.1) is 11.8 Å². The third kappa shape index (κ3) is 4.75. The van der Waals surface area contributed by atoms with E-state index in [1.54, 1.807) is 18.2 Å². The minimum absolute atomic E-state index is 0.0651. The number of nitrogens with one attached hydrogen (secondary N) is 1. The maximum atomic E-state index is 13.5. The van der Waals surface area contributed by atoms with Gasteiger partial charge in [-0.1, -0.05) is 12.5 Å². The molecule has 6 rings (SSSR count). The fraction of sp³-hybridized carbons (Fsp3) is 0.500. The minimum atomic E-state index is -3.68. The zero-order chi connectivity index (χ0) is 26.3. The average molecular weight is 540 g/mol. The highest BCUT2D eigenvalue weighted by Gasteiger charge is 2.35. The van der Waals surface area contributed by atoms with E-state index in [1.807, 2.05) is 23.1 Å². The fourth-order valence-electron chi connectivity index (χ4n) is 5.73. The number of carbonyl (C=O) groups is 2. The summed E-state index contributed by atoms with van der Waals surface area (Å²) in [7, 11) is -3.68. The molecule has 0 radical (unpaired) electrons. The van der Waals surface area contributed by atoms with Crippen LogP contribution in [-0.2, 0) is 32.6 Å². The lowest BCUT2D eigenvalue weighted by Gasteiger charge is -2.35. The SMILES string of the molecule is O=C(NCc1ccc2c(c1)OCO2)C1CCN(S(=O)(=O)c2ccc3c(c2)CCCN3C(=O)C2CCC2)CC1. The number of piperidine rings is 1. The van der Waals surface area contributed by atoms with Crippen LogP contribution in [0.15, 0.2) is 41.3 Å². The number of nitrogens with zero attached hydrogens (tertiary/aromatic N) is 2. The molecule has 0 atom stereocenters. The van der Waals surface area contributed by atoms with E-state index in [1.165, 1.54) is 4.31 Å². The van der Waals surface area contributed by atoms with Crippen molar-refractivity contribution in [2.24, 2.45) is 11.8 Å². The molecule has 9 nitrogen and oxygen atoms in total. The van der Waals surface area contributed by atoms with E-state index in [0.717, 1.165) is 48.9 Å². The molecule has 3 aliphatic heterocycles. The second-order valence-electron chi connectivity index (χ2n) is 10.6. The van der Waals surface area contributed by atoms with E-state index in [0.29, 0.717) is 50.5 Å². The number of amides is 2. The summed E-state index contributed by atoms with van der Waals surface area (Å²) in [5.41, 5.74) is 2.69. The molecule has 38 heavy (non-hydrogen) atoms. The molecule has 2 fully saturated rings. The summed E-state index contributed by atoms with van der Waals surface area (Å²) in [5.74, 6) is 1.36. The van der Waals surface area contributed by atoms with Crippen molar-refractivity contribution in [3.05, 3.63) is 47.5 Å². The fourth-order valence-corrected chi connectivity index (χ4v) is 7.25. The van der Waals surface area contributed by atoms with Crippen LogP contribution in [0.5, 0.6) is 11.5 Å². The summed E-state index contributed by atoms with van der Waals surface area (Å²) in [6.45, 7) is 1.88. The van der Waals surface area contributed by atoms with Crippen molar-refractivity contribution in [2.45, 2.75) is 56.4 Å². The summed E-state index contributed by atoms with van der Waals surface area (Å²) in [6.07, 6.45) is 5.54. The molecule has 1 N–H and O–H groups in total. The Morgan fingerprint density at radius 1 is 0.895 bits per heavy atom. The van der Waals surface area contributed by atoms with Gasteiger partial charge in [-0.2, -0.15) is 4.31 Å². The van der Waals surface area contributed by atoms with Crippen LogP contribution in [0.25, 0.3) is 0 Å². The molecule has 4 aliphatic rings. The van der Waals surface area contributed by atoms with Gasteiger partial charge in [-0.15, -0.1) is 0 Å². The monoisotopic (exact) mass is 539 g/mol. The summed E-state index contributed by atoms with van der Waals surface area (Å²) >= 11 is 0. The second-order valence-corrected chi connectivity index (χ2v) is 12.5. The summed E-state index contributed by atoms with van der Waals surface area (Å²) < 4.78 is 39.1. The molecule has 2 aromatic rings. The number of ether oxygens (including phenoxy) is 2. The number of aryl methyl sites for hydroxylation is 1. The third-order valence-electron chi connectivity index (χ3n) is 8.26. The number of hydrogen-bond donors (Lipinski definition) is 1. The Kier molecular flexibility index (Phi) is 6.77. The first-order chi connectivity index (χ1) is 18.4. The Balaban J connectivity index is 1.06. The number of fused-ring (bicyclic) bond motifs is 2. The van der Waals surface area contributed by atoms with E-state index in [4.69, 9.17) is 9.47 Å². The number of sulfonamides is 1. The van der Waals surface area contributed by atoms with Crippen molar-refractivity contribution in [3.8, 4) is 11.5 Å². The Morgan fingerprint density at radius 3 is 2.45 bits per heavy atom. The van der Waals surface area contributed by atoms with Crippen molar-refractivity contribution in [3.63, 3.8) is 0 Å². The van der Waals surface area contributed by atoms with Gasteiger partial charge in [0.05, 0.1) is 4.90 Å². The van der Waals surface area contributed by atoms with Crippen LogP contribution >= 0.6 is 0 Å². The summed E-state index contributed by atoms with van der Waals surface area (Å²) in [5, 5.41) is 2.97. The molecule has 3 heterocycles. The quantitative estimate of drug-likeness (QED) is 0.605. The topological polar surface area (TPSA) is 105 Å². The number of hydrogen-bond acceptors (Lipinski definition) is 6. The first-order valence-electron chi connectivity index (χ1n) is 13.5. The first kappa shape index (κ1) is 25.2. The summed E-state index contributed by atoms with van der Waals surface area (Å²) in [6, 6.07) is 10.8. The van der Waals surface area contributed by atoms with Crippen molar-refractivity contribution in [1.82, 2.24) is 9.62 Å². The Hall–Kier alpha value is -3.11. The molecule has 1 saturated carbocycles. The Morgan fingerprint density at radius 2 is 1.68 bits per heavy atom. The van der Waals surface area contributed by atoms with E-state index in [9.17, 15) is 18.0 Å². The van der Waals surface area contributed by atoms with Gasteiger partial charge in [0.1, 0.15) is 0 Å². The molecule has 202 valence electrons. The van der Waals surface area contributed by atoms with E-state index in [-0.39, 0.29) is 35.3 Å². The molecule has 2 amide bonds. The predicted octanol–water partition coefficient (Wildman–Crippen LogP) is 3.21. The molecular weight excluding hydrogens is 506 g/mol. The van der Waals surface area contributed by atoms with Gasteiger partial charge in [0.15, 0.2) is 11.5 Å². The summed E-state index contributed by atoms with van der Waals surface area (Å²) in [4.78, 5) is 27.8. The van der Waals surface area contributed by atoms with Gasteiger partial charge in [0, 0.05) is 43.7 Å². The van der Waals surface area contributed by atoms with Crippen molar-refractivity contribution in [2.75, 3.05) is 31.3 Å². The normalized spacial score (nSPS) is 20.1. The molecule has 0 bridgehead atoms. The lowest BCUT2D eigenvalue weighted by molar-refractivity contribution is -0.126. The number of carbonyl (C=O) groups excluding carboxylic acids is 2. The molecule has 0 aromatic heterocycles. The Labute approximate surface area is 223 Å². The number of rotatable bonds is 6. The minimum Gasteiger partial charge on any atom is -0.454 e. The average Bonchev–Trinajstić information content (AvgIpc) is 3.38. The highest BCUT2D eigenvalue weighted by Crippen LogP contribution is 2.36. The maximum Gasteiger partial charge on any atom is 0.243 e. The van der Waals surface area contributed by atoms with Crippen LogP contribution in [0.4, 0.5) is 5.69 Å². The van der Waals surface area contributed by atoms with Gasteiger partial charge in [0.2, 0.25) is 28.6 Å². The van der Waals surface area contributed by atoms with E-state index < -0.39 is 10.0 Å². The largest absolute Gasteiger partial charge is 0.454 e.